The number of nitrogens with one attached hydrogen (secondary N) is 1. The number of aromatic nitrogens is 2. The van der Waals surface area contributed by atoms with Crippen LogP contribution in [0.2, 0.25) is 0 Å². The van der Waals surface area contributed by atoms with Crippen LogP contribution in [0.4, 0.5) is 11.5 Å². The molecule has 1 aliphatic heterocycles. The van der Waals surface area contributed by atoms with E-state index in [4.69, 9.17) is 9.84 Å². The first-order valence-corrected chi connectivity index (χ1v) is 11.7. The second-order valence-corrected chi connectivity index (χ2v) is 8.73. The Hall–Kier alpha value is -4.11. The van der Waals surface area contributed by atoms with Crippen LogP contribution in [0.1, 0.15) is 27.2 Å². The number of carbonyl (C=O) groups is 1. The van der Waals surface area contributed by atoms with Crippen molar-refractivity contribution in [2.75, 3.05) is 5.32 Å². The number of carbonyl (C=O) groups excluding carboxylic acids is 1. The predicted octanol–water partition coefficient (Wildman–Crippen LogP) is 5.88. The topological polar surface area (TPSA) is 99.3 Å². The molecule has 0 atom stereocenters. The van der Waals surface area contributed by atoms with Crippen LogP contribution in [0.3, 0.4) is 0 Å². The third kappa shape index (κ3) is 4.13. The number of hydrogen-bond acceptors (Lipinski definition) is 6. The summed E-state index contributed by atoms with van der Waals surface area (Å²) in [7, 11) is 0. The van der Waals surface area contributed by atoms with E-state index in [0.29, 0.717) is 17.1 Å². The van der Waals surface area contributed by atoms with Crippen molar-refractivity contribution in [1.82, 2.24) is 9.78 Å². The molecule has 4 aromatic rings. The van der Waals surface area contributed by atoms with Gasteiger partial charge in [0.1, 0.15) is 17.3 Å². The molecular formula is C25H20N4O4S. The number of nitro groups is 1. The molecule has 0 saturated carbocycles. The van der Waals surface area contributed by atoms with Gasteiger partial charge in [0.2, 0.25) is 0 Å². The summed E-state index contributed by atoms with van der Waals surface area (Å²) < 4.78 is 7.58. The van der Waals surface area contributed by atoms with Crippen LogP contribution in [-0.2, 0) is 11.5 Å². The molecule has 170 valence electrons. The lowest BCUT2D eigenvalue weighted by molar-refractivity contribution is -0.385. The summed E-state index contributed by atoms with van der Waals surface area (Å²) in [6.07, 6.45) is 0. The first-order valence-electron chi connectivity index (χ1n) is 10.6. The van der Waals surface area contributed by atoms with Gasteiger partial charge < -0.3 is 10.1 Å². The van der Waals surface area contributed by atoms with E-state index in [1.54, 1.807) is 29.4 Å². The summed E-state index contributed by atoms with van der Waals surface area (Å²) in [6.45, 7) is 1.58. The van der Waals surface area contributed by atoms with Gasteiger partial charge in [-0.3, -0.25) is 14.9 Å². The van der Waals surface area contributed by atoms with Gasteiger partial charge in [-0.05, 0) is 49.4 Å². The highest BCUT2D eigenvalue weighted by atomic mass is 32.2. The molecular weight excluding hydrogens is 452 g/mol. The summed E-state index contributed by atoms with van der Waals surface area (Å²) in [5, 5.41) is 19.0. The van der Waals surface area contributed by atoms with Gasteiger partial charge in [-0.2, -0.15) is 16.9 Å². The molecule has 5 rings (SSSR count). The zero-order valence-corrected chi connectivity index (χ0v) is 19.0. The molecule has 0 fully saturated rings. The van der Waals surface area contributed by atoms with Gasteiger partial charge in [-0.15, -0.1) is 0 Å². The van der Waals surface area contributed by atoms with E-state index < -0.39 is 10.8 Å². The van der Waals surface area contributed by atoms with Crippen molar-refractivity contribution in [3.63, 3.8) is 0 Å². The number of amides is 1. The monoisotopic (exact) mass is 472 g/mol. The van der Waals surface area contributed by atoms with Crippen molar-refractivity contribution >= 4 is 29.2 Å². The van der Waals surface area contributed by atoms with Crippen molar-refractivity contribution < 1.29 is 14.5 Å². The van der Waals surface area contributed by atoms with E-state index in [1.807, 2.05) is 54.6 Å². The summed E-state index contributed by atoms with van der Waals surface area (Å²) in [5.41, 5.74) is 3.14. The average Bonchev–Trinajstić information content (AvgIpc) is 3.43. The molecule has 0 radical (unpaired) electrons. The molecule has 1 amide bonds. The highest BCUT2D eigenvalue weighted by Crippen LogP contribution is 2.37. The maximum atomic E-state index is 13.1. The van der Waals surface area contributed by atoms with Gasteiger partial charge in [-0.1, -0.05) is 24.3 Å². The Labute approximate surface area is 199 Å². The van der Waals surface area contributed by atoms with Crippen molar-refractivity contribution in [1.29, 1.82) is 0 Å². The fraction of sp³-hybridized carbons (Fsp3) is 0.120. The maximum Gasteiger partial charge on any atom is 0.273 e. The first-order chi connectivity index (χ1) is 16.5. The molecule has 0 spiro atoms. The molecule has 0 unspecified atom stereocenters. The lowest BCUT2D eigenvalue weighted by Gasteiger charge is -2.13. The standard InChI is InChI=1S/C25H20N4O4S/c1-16-20(8-5-9-23(16)29(31)32)25(30)26-24-21-14-34-15-22(21)27-28(24)17-10-12-19(13-11-17)33-18-6-3-2-4-7-18/h2-13H,14-15H2,1H3,(H,26,30). The van der Waals surface area contributed by atoms with Crippen LogP contribution in [0.5, 0.6) is 11.5 Å². The quantitative estimate of drug-likeness (QED) is 0.278. The third-order valence-electron chi connectivity index (χ3n) is 5.59. The minimum absolute atomic E-state index is 0.0871. The Kier molecular flexibility index (Phi) is 5.77. The van der Waals surface area contributed by atoms with Crippen molar-refractivity contribution in [2.24, 2.45) is 0 Å². The summed E-state index contributed by atoms with van der Waals surface area (Å²) in [6, 6.07) is 21.5. The zero-order valence-electron chi connectivity index (χ0n) is 18.2. The Balaban J connectivity index is 1.45. The number of anilines is 1. The Morgan fingerprint density at radius 1 is 1.03 bits per heavy atom. The minimum atomic E-state index is -0.482. The van der Waals surface area contributed by atoms with E-state index in [-0.39, 0.29) is 11.3 Å². The molecule has 2 heterocycles. The highest BCUT2D eigenvalue weighted by Gasteiger charge is 2.26. The van der Waals surface area contributed by atoms with Crippen LogP contribution >= 0.6 is 11.8 Å². The van der Waals surface area contributed by atoms with Gasteiger partial charge in [0.15, 0.2) is 0 Å². The fourth-order valence-electron chi connectivity index (χ4n) is 3.85. The Morgan fingerprint density at radius 2 is 1.76 bits per heavy atom. The molecule has 0 aliphatic carbocycles. The number of thioether (sulfide) groups is 1. The molecule has 9 heteroatoms. The van der Waals surface area contributed by atoms with Crippen LogP contribution in [-0.4, -0.2) is 20.6 Å². The van der Waals surface area contributed by atoms with E-state index in [2.05, 4.69) is 5.32 Å². The SMILES string of the molecule is Cc1c(C(=O)Nc2c3c(nn2-c2ccc(Oc4ccccc4)cc2)CSC3)cccc1[N+](=O)[O-]. The molecule has 3 aromatic carbocycles. The Bertz CT molecular complexity index is 1380. The van der Waals surface area contributed by atoms with Crippen LogP contribution in [0, 0.1) is 17.0 Å². The predicted molar refractivity (Wildman–Crippen MR) is 131 cm³/mol. The van der Waals surface area contributed by atoms with Gasteiger partial charge in [0, 0.05) is 34.3 Å². The summed E-state index contributed by atoms with van der Waals surface area (Å²) in [5.74, 6) is 3.08. The van der Waals surface area contributed by atoms with Gasteiger partial charge >= 0.3 is 0 Å². The van der Waals surface area contributed by atoms with Crippen molar-refractivity contribution in [2.45, 2.75) is 18.4 Å². The molecule has 0 saturated heterocycles. The molecule has 34 heavy (non-hydrogen) atoms. The molecule has 0 bridgehead atoms. The second-order valence-electron chi connectivity index (χ2n) is 7.75. The number of benzene rings is 3. The molecule has 1 N–H and O–H groups in total. The number of rotatable bonds is 6. The smallest absolute Gasteiger partial charge is 0.273 e. The van der Waals surface area contributed by atoms with Crippen molar-refractivity contribution in [3.05, 3.63) is 105 Å². The third-order valence-corrected chi connectivity index (χ3v) is 6.56. The van der Waals surface area contributed by atoms with Gasteiger partial charge in [-0.25, -0.2) is 4.68 Å². The normalized spacial score (nSPS) is 12.3. The van der Waals surface area contributed by atoms with E-state index >= 15 is 0 Å². The lowest BCUT2D eigenvalue weighted by atomic mass is 10.1. The van der Waals surface area contributed by atoms with E-state index in [9.17, 15) is 14.9 Å². The fourth-order valence-corrected chi connectivity index (χ4v) is 4.89. The van der Waals surface area contributed by atoms with Crippen LogP contribution in [0.15, 0.2) is 72.8 Å². The summed E-state index contributed by atoms with van der Waals surface area (Å²) >= 11 is 1.73. The average molecular weight is 473 g/mol. The van der Waals surface area contributed by atoms with Crippen LogP contribution in [0.25, 0.3) is 5.69 Å². The number of fused-ring (bicyclic) bond motifs is 1. The highest BCUT2D eigenvalue weighted by molar-refractivity contribution is 7.98. The number of ether oxygens (including phenoxy) is 1. The first kappa shape index (κ1) is 21.7. The van der Waals surface area contributed by atoms with Gasteiger partial charge in [0.05, 0.1) is 16.3 Å². The molecule has 1 aromatic heterocycles. The zero-order chi connectivity index (χ0) is 23.7. The van der Waals surface area contributed by atoms with Gasteiger partial charge in [0.25, 0.3) is 11.6 Å². The lowest BCUT2D eigenvalue weighted by Crippen LogP contribution is -2.17. The number of para-hydroxylation sites is 1. The number of nitro benzene ring substituents is 1. The summed E-state index contributed by atoms with van der Waals surface area (Å²) in [4.78, 5) is 24.0. The molecule has 1 aliphatic rings. The van der Waals surface area contributed by atoms with Crippen molar-refractivity contribution in [3.8, 4) is 17.2 Å². The van der Waals surface area contributed by atoms with E-state index in [1.165, 1.54) is 12.1 Å². The number of nitrogens with zero attached hydrogens (tertiary/aromatic N) is 3. The van der Waals surface area contributed by atoms with Crippen LogP contribution < -0.4 is 10.1 Å². The second kappa shape index (κ2) is 9.03. The minimum Gasteiger partial charge on any atom is -0.457 e. The number of hydrogen-bond donors (Lipinski definition) is 1. The maximum absolute atomic E-state index is 13.1. The Morgan fingerprint density at radius 3 is 2.50 bits per heavy atom. The largest absolute Gasteiger partial charge is 0.457 e. The van der Waals surface area contributed by atoms with E-state index in [0.717, 1.165) is 34.2 Å². The molecule has 8 nitrogen and oxygen atoms in total.